The number of rotatable bonds is 11. The number of hydrogen-bond donors (Lipinski definition) is 2. The third kappa shape index (κ3) is 7.04. The van der Waals surface area contributed by atoms with Gasteiger partial charge in [0.25, 0.3) is 5.91 Å². The van der Waals surface area contributed by atoms with Crippen molar-refractivity contribution in [2.75, 3.05) is 19.0 Å². The van der Waals surface area contributed by atoms with E-state index in [1.165, 1.54) is 0 Å². The van der Waals surface area contributed by atoms with E-state index in [-0.39, 0.29) is 12.0 Å². The Labute approximate surface area is 231 Å². The Morgan fingerprint density at radius 2 is 1.82 bits per heavy atom. The number of fused-ring (bicyclic) bond motifs is 1. The van der Waals surface area contributed by atoms with E-state index in [2.05, 4.69) is 42.2 Å². The SMILES string of the molecule is CNC(=O)c1nccc2c(-c3cnc(Nc4ccc(OC(C)C)cc4)cc3C)cn(COCC[Si](C)(C)C)c12. The quantitative estimate of drug-likeness (QED) is 0.163. The lowest BCUT2D eigenvalue weighted by molar-refractivity contribution is 0.0895. The van der Waals surface area contributed by atoms with Gasteiger partial charge in [0.2, 0.25) is 0 Å². The maximum absolute atomic E-state index is 12.7. The fourth-order valence-electron chi connectivity index (χ4n) is 4.34. The molecule has 0 saturated carbocycles. The highest BCUT2D eigenvalue weighted by molar-refractivity contribution is 6.76. The number of carbonyl (C=O) groups excluding carboxylic acids is 1. The smallest absolute Gasteiger partial charge is 0.271 e. The minimum absolute atomic E-state index is 0.131. The van der Waals surface area contributed by atoms with E-state index in [9.17, 15) is 4.79 Å². The van der Waals surface area contributed by atoms with E-state index in [0.29, 0.717) is 19.0 Å². The standard InChI is InChI=1S/C30H39N5O3Si/c1-20(2)38-23-10-8-22(9-11-23)34-27-16-21(3)25(17-33-27)26-18-35(19-37-14-15-39(5,6)7)29-24(26)12-13-32-28(29)30(36)31-4/h8-13,16-18,20H,14-15,19H2,1-7H3,(H,31,36)(H,33,34). The fourth-order valence-corrected chi connectivity index (χ4v) is 5.09. The Morgan fingerprint density at radius 1 is 1.08 bits per heavy atom. The maximum Gasteiger partial charge on any atom is 0.271 e. The van der Waals surface area contributed by atoms with E-state index in [1.807, 2.05) is 67.2 Å². The lowest BCUT2D eigenvalue weighted by atomic mass is 10.0. The van der Waals surface area contributed by atoms with Crippen molar-refractivity contribution in [3.05, 3.63) is 66.2 Å². The van der Waals surface area contributed by atoms with Crippen LogP contribution in [0.4, 0.5) is 11.5 Å². The summed E-state index contributed by atoms with van der Waals surface area (Å²) in [6.45, 7) is 14.1. The first-order valence-electron chi connectivity index (χ1n) is 13.3. The molecular formula is C30H39N5O3Si. The number of ether oxygens (including phenoxy) is 2. The van der Waals surface area contributed by atoms with Crippen molar-refractivity contribution < 1.29 is 14.3 Å². The molecule has 0 aliphatic rings. The van der Waals surface area contributed by atoms with Gasteiger partial charge in [-0.3, -0.25) is 4.79 Å². The molecule has 0 atom stereocenters. The van der Waals surface area contributed by atoms with Crippen molar-refractivity contribution in [2.24, 2.45) is 0 Å². The Morgan fingerprint density at radius 3 is 2.46 bits per heavy atom. The molecule has 4 rings (SSSR count). The summed E-state index contributed by atoms with van der Waals surface area (Å²) in [5.41, 5.74) is 5.09. The van der Waals surface area contributed by atoms with E-state index in [4.69, 9.17) is 14.5 Å². The van der Waals surface area contributed by atoms with Gasteiger partial charge >= 0.3 is 0 Å². The predicted octanol–water partition coefficient (Wildman–Crippen LogP) is 6.61. The number of anilines is 2. The molecule has 1 aromatic carbocycles. The number of benzene rings is 1. The van der Waals surface area contributed by atoms with Crippen LogP contribution in [0.15, 0.2) is 55.0 Å². The molecule has 9 heteroatoms. The molecule has 0 fully saturated rings. The Hall–Kier alpha value is -3.69. The molecule has 0 aliphatic heterocycles. The third-order valence-corrected chi connectivity index (χ3v) is 8.06. The molecule has 3 heterocycles. The van der Waals surface area contributed by atoms with Crippen LogP contribution in [-0.2, 0) is 11.5 Å². The molecule has 4 aromatic rings. The van der Waals surface area contributed by atoms with Crippen molar-refractivity contribution in [3.63, 3.8) is 0 Å². The molecule has 0 bridgehead atoms. The monoisotopic (exact) mass is 545 g/mol. The van der Waals surface area contributed by atoms with Crippen LogP contribution in [0, 0.1) is 6.92 Å². The minimum Gasteiger partial charge on any atom is -0.491 e. The van der Waals surface area contributed by atoms with Crippen LogP contribution in [-0.4, -0.2) is 48.3 Å². The molecule has 0 spiro atoms. The van der Waals surface area contributed by atoms with Crippen LogP contribution in [0.5, 0.6) is 5.75 Å². The van der Waals surface area contributed by atoms with Gasteiger partial charge in [0.05, 0.1) is 11.6 Å². The van der Waals surface area contributed by atoms with Gasteiger partial charge in [0.1, 0.15) is 18.3 Å². The lowest BCUT2D eigenvalue weighted by Gasteiger charge is -2.16. The zero-order chi connectivity index (χ0) is 28.2. The molecular weight excluding hydrogens is 506 g/mol. The second-order valence-electron chi connectivity index (χ2n) is 11.2. The molecule has 2 N–H and O–H groups in total. The highest BCUT2D eigenvalue weighted by atomic mass is 28.3. The van der Waals surface area contributed by atoms with Crippen molar-refractivity contribution in [1.82, 2.24) is 19.9 Å². The molecule has 0 radical (unpaired) electrons. The summed E-state index contributed by atoms with van der Waals surface area (Å²) in [5.74, 6) is 1.36. The van der Waals surface area contributed by atoms with Crippen LogP contribution < -0.4 is 15.4 Å². The van der Waals surface area contributed by atoms with Crippen molar-refractivity contribution in [3.8, 4) is 16.9 Å². The van der Waals surface area contributed by atoms with Crippen LogP contribution in [0.1, 0.15) is 29.9 Å². The third-order valence-electron chi connectivity index (χ3n) is 6.35. The number of carbonyl (C=O) groups is 1. The van der Waals surface area contributed by atoms with Gasteiger partial charge in [-0.15, -0.1) is 0 Å². The molecule has 1 amide bonds. The van der Waals surface area contributed by atoms with Crippen molar-refractivity contribution in [1.29, 1.82) is 0 Å². The average Bonchev–Trinajstić information content (AvgIpc) is 3.25. The summed E-state index contributed by atoms with van der Waals surface area (Å²) >= 11 is 0. The number of aromatic nitrogens is 3. The van der Waals surface area contributed by atoms with Gasteiger partial charge < -0.3 is 24.7 Å². The number of pyridine rings is 2. The summed E-state index contributed by atoms with van der Waals surface area (Å²) in [6.07, 6.45) is 5.72. The van der Waals surface area contributed by atoms with Crippen molar-refractivity contribution >= 4 is 36.4 Å². The van der Waals surface area contributed by atoms with Gasteiger partial charge in [0.15, 0.2) is 5.69 Å². The van der Waals surface area contributed by atoms with E-state index < -0.39 is 8.07 Å². The Bertz CT molecular complexity index is 1440. The lowest BCUT2D eigenvalue weighted by Crippen LogP contribution is -2.22. The largest absolute Gasteiger partial charge is 0.491 e. The first kappa shape index (κ1) is 28.3. The number of nitrogens with zero attached hydrogens (tertiary/aromatic N) is 3. The molecule has 39 heavy (non-hydrogen) atoms. The topological polar surface area (TPSA) is 90.3 Å². The second-order valence-corrected chi connectivity index (χ2v) is 16.8. The summed E-state index contributed by atoms with van der Waals surface area (Å²) < 4.78 is 13.8. The molecule has 206 valence electrons. The Kier molecular flexibility index (Phi) is 8.72. The van der Waals surface area contributed by atoms with E-state index in [0.717, 1.165) is 50.9 Å². The Balaban J connectivity index is 1.64. The molecule has 0 aliphatic carbocycles. The van der Waals surface area contributed by atoms with Gasteiger partial charge in [-0.2, -0.15) is 0 Å². The summed E-state index contributed by atoms with van der Waals surface area (Å²) in [7, 11) is 0.404. The van der Waals surface area contributed by atoms with Crippen LogP contribution in [0.3, 0.4) is 0 Å². The summed E-state index contributed by atoms with van der Waals surface area (Å²) in [5, 5.41) is 7.02. The second kappa shape index (κ2) is 12.0. The number of amides is 1. The van der Waals surface area contributed by atoms with Crippen molar-refractivity contribution in [2.45, 2.75) is 59.3 Å². The highest BCUT2D eigenvalue weighted by Gasteiger charge is 2.20. The minimum atomic E-state index is -1.21. The molecule has 8 nitrogen and oxygen atoms in total. The summed E-state index contributed by atoms with van der Waals surface area (Å²) in [4.78, 5) is 21.8. The zero-order valence-corrected chi connectivity index (χ0v) is 25.0. The van der Waals surface area contributed by atoms with Gasteiger partial charge in [-0.1, -0.05) is 19.6 Å². The number of aryl methyl sites for hydroxylation is 1. The normalized spacial score (nSPS) is 11.7. The molecule has 0 saturated heterocycles. The van der Waals surface area contributed by atoms with Crippen LogP contribution in [0.2, 0.25) is 25.7 Å². The van der Waals surface area contributed by atoms with Gasteiger partial charge in [-0.05, 0) is 68.8 Å². The first-order chi connectivity index (χ1) is 18.6. The molecule has 0 unspecified atom stereocenters. The maximum atomic E-state index is 12.7. The van der Waals surface area contributed by atoms with E-state index >= 15 is 0 Å². The molecule has 3 aromatic heterocycles. The fraction of sp³-hybridized carbons (Fsp3) is 0.367. The van der Waals surface area contributed by atoms with E-state index in [1.54, 1.807) is 13.2 Å². The van der Waals surface area contributed by atoms with Crippen LogP contribution in [0.25, 0.3) is 22.0 Å². The van der Waals surface area contributed by atoms with Gasteiger partial charge in [0, 0.05) is 62.5 Å². The highest BCUT2D eigenvalue weighted by Crippen LogP contribution is 2.34. The summed E-state index contributed by atoms with van der Waals surface area (Å²) in [6, 6.07) is 12.9. The first-order valence-corrected chi connectivity index (χ1v) is 17.0. The number of nitrogens with one attached hydrogen (secondary N) is 2. The zero-order valence-electron chi connectivity index (χ0n) is 24.0. The van der Waals surface area contributed by atoms with Crippen LogP contribution >= 0.6 is 0 Å². The number of hydrogen-bond acceptors (Lipinski definition) is 6. The predicted molar refractivity (Wildman–Crippen MR) is 161 cm³/mol. The average molecular weight is 546 g/mol. The van der Waals surface area contributed by atoms with Gasteiger partial charge in [-0.25, -0.2) is 9.97 Å².